The van der Waals surface area contributed by atoms with E-state index in [1.807, 2.05) is 0 Å². The van der Waals surface area contributed by atoms with Gasteiger partial charge in [-0.3, -0.25) is 0 Å². The predicted molar refractivity (Wildman–Crippen MR) is 121 cm³/mol. The van der Waals surface area contributed by atoms with E-state index in [2.05, 4.69) is 69.2 Å². The summed E-state index contributed by atoms with van der Waals surface area (Å²) in [4.78, 5) is 14.2. The van der Waals surface area contributed by atoms with Gasteiger partial charge >= 0.3 is 0 Å². The molecular weight excluding hydrogens is 370 g/mol. The van der Waals surface area contributed by atoms with Crippen LogP contribution in [0.4, 0.5) is 11.5 Å². The van der Waals surface area contributed by atoms with Gasteiger partial charge in [0.05, 0.1) is 18.3 Å². The van der Waals surface area contributed by atoms with E-state index in [0.29, 0.717) is 12.3 Å². The molecule has 0 unspecified atom stereocenters. The number of hydrogen-bond acceptors (Lipinski definition) is 5. The molecule has 0 radical (unpaired) electrons. The Labute approximate surface area is 178 Å². The molecule has 152 valence electrons. The molecule has 0 aliphatic carbocycles. The molecule has 1 saturated heterocycles. The van der Waals surface area contributed by atoms with E-state index in [1.54, 1.807) is 6.33 Å². The molecule has 1 atom stereocenters. The van der Waals surface area contributed by atoms with Crippen molar-refractivity contribution in [2.75, 3.05) is 29.4 Å². The van der Waals surface area contributed by atoms with Crippen molar-refractivity contribution in [2.24, 2.45) is 5.92 Å². The molecular formula is C25H27N5. The van der Waals surface area contributed by atoms with Gasteiger partial charge in [0.1, 0.15) is 12.1 Å². The quantitative estimate of drug-likeness (QED) is 0.645. The second-order valence-corrected chi connectivity index (χ2v) is 8.56. The van der Waals surface area contributed by atoms with Crippen molar-refractivity contribution in [1.82, 2.24) is 9.97 Å². The number of aromatic nitrogens is 2. The molecule has 5 nitrogen and oxygen atoms in total. The minimum absolute atomic E-state index is 0.452. The fraction of sp³-hybridized carbons (Fsp3) is 0.400. The van der Waals surface area contributed by atoms with E-state index in [9.17, 15) is 0 Å². The van der Waals surface area contributed by atoms with Crippen LogP contribution in [0.3, 0.4) is 0 Å². The summed E-state index contributed by atoms with van der Waals surface area (Å²) >= 11 is 0. The molecule has 2 aliphatic heterocycles. The Morgan fingerprint density at radius 2 is 1.97 bits per heavy atom. The van der Waals surface area contributed by atoms with E-state index in [-0.39, 0.29) is 0 Å². The number of benzene rings is 2. The van der Waals surface area contributed by atoms with Gasteiger partial charge in [-0.15, -0.1) is 0 Å². The van der Waals surface area contributed by atoms with Crippen molar-refractivity contribution < 1.29 is 0 Å². The third-order valence-electron chi connectivity index (χ3n) is 6.61. The van der Waals surface area contributed by atoms with Crippen molar-refractivity contribution in [3.05, 3.63) is 59.5 Å². The smallest absolute Gasteiger partial charge is 0.135 e. The highest BCUT2D eigenvalue weighted by molar-refractivity contribution is 5.97. The molecule has 0 bridgehead atoms. The number of fused-ring (bicyclic) bond motifs is 2. The van der Waals surface area contributed by atoms with Gasteiger partial charge in [-0.05, 0) is 49.1 Å². The molecule has 0 spiro atoms. The lowest BCUT2D eigenvalue weighted by Crippen LogP contribution is -2.38. The van der Waals surface area contributed by atoms with Crippen molar-refractivity contribution in [3.8, 4) is 6.07 Å². The average Bonchev–Trinajstić information content (AvgIpc) is 2.78. The van der Waals surface area contributed by atoms with Crippen LogP contribution in [0.25, 0.3) is 10.8 Å². The Morgan fingerprint density at radius 1 is 1.10 bits per heavy atom. The maximum Gasteiger partial charge on any atom is 0.135 e. The number of aryl methyl sites for hydroxylation is 1. The molecule has 2 aliphatic rings. The minimum atomic E-state index is 0.452. The third-order valence-corrected chi connectivity index (χ3v) is 6.61. The van der Waals surface area contributed by atoms with Gasteiger partial charge < -0.3 is 9.80 Å². The zero-order valence-electron chi connectivity index (χ0n) is 17.5. The van der Waals surface area contributed by atoms with E-state index in [1.165, 1.54) is 27.6 Å². The van der Waals surface area contributed by atoms with Crippen LogP contribution in [-0.4, -0.2) is 29.6 Å². The molecule has 1 fully saturated rings. The summed E-state index contributed by atoms with van der Waals surface area (Å²) in [6.45, 7) is 5.93. The summed E-state index contributed by atoms with van der Waals surface area (Å²) in [6.07, 6.45) is 5.59. The Morgan fingerprint density at radius 3 is 2.83 bits per heavy atom. The standard InChI is InChI=1S/C25H27N5/c1-18-5-2-7-20-8-3-9-23(24(18)20)29-14-11-21-22(16-29)27-17-28-25(21)30-13-4-6-19(15-30)10-12-26/h2-3,5,7-9,17,19H,4,6,10-11,13-16H2,1H3/t19-/m0/s1. The number of rotatable bonds is 3. The topological polar surface area (TPSA) is 56.1 Å². The Kier molecular flexibility index (Phi) is 5.00. The summed E-state index contributed by atoms with van der Waals surface area (Å²) in [5.41, 5.74) is 5.04. The van der Waals surface area contributed by atoms with Crippen molar-refractivity contribution in [1.29, 1.82) is 5.26 Å². The maximum absolute atomic E-state index is 9.10. The average molecular weight is 398 g/mol. The van der Waals surface area contributed by atoms with E-state index >= 15 is 0 Å². The summed E-state index contributed by atoms with van der Waals surface area (Å²) in [6, 6.07) is 15.4. The monoisotopic (exact) mass is 397 g/mol. The van der Waals surface area contributed by atoms with Gasteiger partial charge in [-0.1, -0.05) is 30.3 Å². The Balaban J connectivity index is 1.45. The molecule has 0 amide bonds. The summed E-state index contributed by atoms with van der Waals surface area (Å²) < 4.78 is 0. The molecule has 30 heavy (non-hydrogen) atoms. The van der Waals surface area contributed by atoms with Gasteiger partial charge in [-0.2, -0.15) is 5.26 Å². The molecule has 5 rings (SSSR count). The summed E-state index contributed by atoms with van der Waals surface area (Å²) in [7, 11) is 0. The van der Waals surface area contributed by atoms with Crippen molar-refractivity contribution in [2.45, 2.75) is 39.2 Å². The van der Waals surface area contributed by atoms with E-state index in [4.69, 9.17) is 5.26 Å². The lowest BCUT2D eigenvalue weighted by molar-refractivity contribution is 0.419. The Hall–Kier alpha value is -3.13. The fourth-order valence-electron chi connectivity index (χ4n) is 5.14. The fourth-order valence-corrected chi connectivity index (χ4v) is 5.14. The van der Waals surface area contributed by atoms with Crippen LogP contribution in [0.5, 0.6) is 0 Å². The molecule has 3 heterocycles. The molecule has 3 aromatic rings. The predicted octanol–water partition coefficient (Wildman–Crippen LogP) is 4.63. The van der Waals surface area contributed by atoms with E-state index < -0.39 is 0 Å². The zero-order chi connectivity index (χ0) is 20.5. The van der Waals surface area contributed by atoms with Crippen LogP contribution in [0.1, 0.15) is 36.1 Å². The highest BCUT2D eigenvalue weighted by Crippen LogP contribution is 2.35. The highest BCUT2D eigenvalue weighted by Gasteiger charge is 2.27. The molecule has 0 saturated carbocycles. The second kappa shape index (κ2) is 7.95. The largest absolute Gasteiger partial charge is 0.365 e. The zero-order valence-corrected chi connectivity index (χ0v) is 17.5. The lowest BCUT2D eigenvalue weighted by atomic mass is 9.94. The molecule has 1 aromatic heterocycles. The van der Waals surface area contributed by atoms with Gasteiger partial charge in [0, 0.05) is 42.7 Å². The Bertz CT molecular complexity index is 1110. The van der Waals surface area contributed by atoms with Gasteiger partial charge in [0.15, 0.2) is 0 Å². The number of nitrogens with zero attached hydrogens (tertiary/aromatic N) is 5. The molecule has 2 aromatic carbocycles. The van der Waals surface area contributed by atoms with Crippen LogP contribution in [0.15, 0.2) is 42.7 Å². The normalized spacial score (nSPS) is 18.9. The van der Waals surface area contributed by atoms with Crippen LogP contribution in [-0.2, 0) is 13.0 Å². The number of anilines is 2. The highest BCUT2D eigenvalue weighted by atomic mass is 15.2. The van der Waals surface area contributed by atoms with Crippen LogP contribution in [0, 0.1) is 24.2 Å². The number of piperidine rings is 1. The van der Waals surface area contributed by atoms with Crippen molar-refractivity contribution >= 4 is 22.3 Å². The maximum atomic E-state index is 9.10. The van der Waals surface area contributed by atoms with Crippen LogP contribution >= 0.6 is 0 Å². The number of hydrogen-bond donors (Lipinski definition) is 0. The van der Waals surface area contributed by atoms with Gasteiger partial charge in [0.2, 0.25) is 0 Å². The molecule has 0 N–H and O–H groups in total. The van der Waals surface area contributed by atoms with Gasteiger partial charge in [0.25, 0.3) is 0 Å². The van der Waals surface area contributed by atoms with Crippen molar-refractivity contribution in [3.63, 3.8) is 0 Å². The van der Waals surface area contributed by atoms with Crippen LogP contribution in [0.2, 0.25) is 0 Å². The first-order valence-electron chi connectivity index (χ1n) is 10.9. The third kappa shape index (κ3) is 3.37. The number of nitriles is 1. The molecule has 5 heteroatoms. The lowest BCUT2D eigenvalue weighted by Gasteiger charge is -2.37. The minimum Gasteiger partial charge on any atom is -0.365 e. The van der Waals surface area contributed by atoms with Crippen LogP contribution < -0.4 is 9.80 Å². The first-order chi connectivity index (χ1) is 14.7. The second-order valence-electron chi connectivity index (χ2n) is 8.56. The van der Waals surface area contributed by atoms with E-state index in [0.717, 1.165) is 57.0 Å². The first-order valence-corrected chi connectivity index (χ1v) is 10.9. The van der Waals surface area contributed by atoms with Gasteiger partial charge in [-0.25, -0.2) is 9.97 Å². The first kappa shape index (κ1) is 18.9. The SMILES string of the molecule is Cc1cccc2cccc(N3CCc4c(ncnc4N4CCC[C@@H](CC#N)C4)C3)c12. The summed E-state index contributed by atoms with van der Waals surface area (Å²) in [5.74, 6) is 1.55. The summed E-state index contributed by atoms with van der Waals surface area (Å²) in [5, 5.41) is 11.7.